The Balaban J connectivity index is 2.36. The molecule has 12 heavy (non-hydrogen) atoms. The lowest BCUT2D eigenvalue weighted by Crippen LogP contribution is -1.88. The largest absolute Gasteiger partial charge is 0.378 e. The predicted molar refractivity (Wildman–Crippen MR) is 47.6 cm³/mol. The number of aromatic nitrogens is 2. The van der Waals surface area contributed by atoms with Crippen LogP contribution in [0.4, 0.5) is 0 Å². The molecule has 0 atom stereocenters. The van der Waals surface area contributed by atoms with Crippen molar-refractivity contribution in [3.8, 4) is 0 Å². The van der Waals surface area contributed by atoms with E-state index in [4.69, 9.17) is 4.74 Å². The van der Waals surface area contributed by atoms with Crippen LogP contribution in [0.1, 0.15) is 12.5 Å². The quantitative estimate of drug-likeness (QED) is 0.633. The highest BCUT2D eigenvalue weighted by Gasteiger charge is 1.83. The Morgan fingerprint density at radius 1 is 1.42 bits per heavy atom. The summed E-state index contributed by atoms with van der Waals surface area (Å²) in [5, 5.41) is 0. The van der Waals surface area contributed by atoms with Gasteiger partial charge in [-0.15, -0.1) is 0 Å². The fourth-order valence-corrected chi connectivity index (χ4v) is 0.767. The zero-order chi connectivity index (χ0) is 8.65. The maximum absolute atomic E-state index is 5.13. The summed E-state index contributed by atoms with van der Waals surface area (Å²) in [4.78, 5) is 7.76. The van der Waals surface area contributed by atoms with E-state index < -0.39 is 0 Å². The molecule has 1 heterocycles. The molecule has 0 bridgehead atoms. The van der Waals surface area contributed by atoms with Gasteiger partial charge in [0.05, 0.1) is 6.61 Å². The summed E-state index contributed by atoms with van der Waals surface area (Å²) in [6.45, 7) is 3.36. The van der Waals surface area contributed by atoms with Gasteiger partial charge < -0.3 is 4.74 Å². The van der Waals surface area contributed by atoms with Crippen molar-refractivity contribution >= 4 is 6.08 Å². The van der Waals surface area contributed by atoms with E-state index in [1.165, 1.54) is 6.33 Å². The average Bonchev–Trinajstić information content (AvgIpc) is 2.14. The molecule has 3 nitrogen and oxygen atoms in total. The highest BCUT2D eigenvalue weighted by Crippen LogP contribution is 1.95. The van der Waals surface area contributed by atoms with E-state index in [9.17, 15) is 0 Å². The van der Waals surface area contributed by atoms with E-state index in [1.807, 2.05) is 19.1 Å². The molecule has 1 aromatic heterocycles. The maximum Gasteiger partial charge on any atom is 0.115 e. The summed E-state index contributed by atoms with van der Waals surface area (Å²) in [6.07, 6.45) is 8.92. The maximum atomic E-state index is 5.13. The van der Waals surface area contributed by atoms with Crippen LogP contribution in [-0.4, -0.2) is 23.2 Å². The third-order valence-corrected chi connectivity index (χ3v) is 1.31. The van der Waals surface area contributed by atoms with Gasteiger partial charge in [-0.25, -0.2) is 9.97 Å². The molecule has 0 aliphatic heterocycles. The molecular weight excluding hydrogens is 152 g/mol. The van der Waals surface area contributed by atoms with Crippen molar-refractivity contribution in [3.05, 3.63) is 30.4 Å². The molecule has 0 aliphatic rings. The molecule has 0 fully saturated rings. The number of rotatable bonds is 4. The summed E-state index contributed by atoms with van der Waals surface area (Å²) in [5.74, 6) is 0. The lowest BCUT2D eigenvalue weighted by Gasteiger charge is -1.92. The monoisotopic (exact) mass is 164 g/mol. The second kappa shape index (κ2) is 5.43. The lowest BCUT2D eigenvalue weighted by atomic mass is 10.3. The number of ether oxygens (including phenoxy) is 1. The molecule has 0 spiro atoms. The zero-order valence-corrected chi connectivity index (χ0v) is 7.10. The van der Waals surface area contributed by atoms with Crippen molar-refractivity contribution in [3.63, 3.8) is 0 Å². The first-order valence-corrected chi connectivity index (χ1v) is 3.92. The zero-order valence-electron chi connectivity index (χ0n) is 7.10. The van der Waals surface area contributed by atoms with E-state index >= 15 is 0 Å². The van der Waals surface area contributed by atoms with Crippen LogP contribution in [0.15, 0.2) is 24.8 Å². The van der Waals surface area contributed by atoms with Crippen molar-refractivity contribution in [2.24, 2.45) is 0 Å². The van der Waals surface area contributed by atoms with Gasteiger partial charge in [0.15, 0.2) is 0 Å². The predicted octanol–water partition coefficient (Wildman–Crippen LogP) is 1.53. The highest BCUT2D eigenvalue weighted by molar-refractivity contribution is 5.45. The normalized spacial score (nSPS) is 10.8. The van der Waals surface area contributed by atoms with Gasteiger partial charge in [-0.2, -0.15) is 0 Å². The Morgan fingerprint density at radius 2 is 2.17 bits per heavy atom. The molecule has 0 radical (unpaired) electrons. The topological polar surface area (TPSA) is 35.0 Å². The first-order chi connectivity index (χ1) is 5.93. The number of hydrogen-bond donors (Lipinski definition) is 0. The Morgan fingerprint density at radius 3 is 2.83 bits per heavy atom. The Kier molecular flexibility index (Phi) is 4.02. The van der Waals surface area contributed by atoms with Gasteiger partial charge in [0.25, 0.3) is 0 Å². The minimum atomic E-state index is 0.644. The molecule has 0 amide bonds. The van der Waals surface area contributed by atoms with Gasteiger partial charge in [0, 0.05) is 24.6 Å². The summed E-state index contributed by atoms with van der Waals surface area (Å²) in [7, 11) is 0. The van der Waals surface area contributed by atoms with Crippen molar-refractivity contribution in [2.45, 2.75) is 6.92 Å². The van der Waals surface area contributed by atoms with E-state index in [-0.39, 0.29) is 0 Å². The van der Waals surface area contributed by atoms with Crippen LogP contribution in [0.2, 0.25) is 0 Å². The Bertz CT molecular complexity index is 234. The second-order valence-corrected chi connectivity index (χ2v) is 2.23. The van der Waals surface area contributed by atoms with Crippen LogP contribution in [-0.2, 0) is 4.74 Å². The van der Waals surface area contributed by atoms with E-state index in [0.717, 1.165) is 12.2 Å². The summed E-state index contributed by atoms with van der Waals surface area (Å²) in [6, 6.07) is 0. The number of hydrogen-bond acceptors (Lipinski definition) is 3. The molecule has 0 saturated carbocycles. The summed E-state index contributed by atoms with van der Waals surface area (Å²) < 4.78 is 5.13. The molecule has 0 unspecified atom stereocenters. The fourth-order valence-electron chi connectivity index (χ4n) is 0.767. The van der Waals surface area contributed by atoms with Gasteiger partial charge in [0.1, 0.15) is 6.33 Å². The van der Waals surface area contributed by atoms with Crippen molar-refractivity contribution in [2.75, 3.05) is 13.2 Å². The van der Waals surface area contributed by atoms with E-state index in [0.29, 0.717) is 6.61 Å². The Hall–Kier alpha value is -1.22. The molecule has 1 rings (SSSR count). The smallest absolute Gasteiger partial charge is 0.115 e. The lowest BCUT2D eigenvalue weighted by molar-refractivity contribution is 0.178. The van der Waals surface area contributed by atoms with Crippen molar-refractivity contribution < 1.29 is 4.74 Å². The third kappa shape index (κ3) is 3.25. The van der Waals surface area contributed by atoms with Gasteiger partial charge in [-0.3, -0.25) is 0 Å². The number of nitrogens with zero attached hydrogens (tertiary/aromatic N) is 2. The van der Waals surface area contributed by atoms with Crippen LogP contribution in [0.3, 0.4) is 0 Å². The summed E-state index contributed by atoms with van der Waals surface area (Å²) >= 11 is 0. The van der Waals surface area contributed by atoms with Gasteiger partial charge in [-0.05, 0) is 6.92 Å². The van der Waals surface area contributed by atoms with E-state index in [2.05, 4.69) is 9.97 Å². The third-order valence-electron chi connectivity index (χ3n) is 1.31. The Labute approximate surface area is 72.1 Å². The van der Waals surface area contributed by atoms with Gasteiger partial charge >= 0.3 is 0 Å². The molecule has 0 N–H and O–H groups in total. The van der Waals surface area contributed by atoms with E-state index in [1.54, 1.807) is 12.4 Å². The summed E-state index contributed by atoms with van der Waals surface area (Å²) in [5.41, 5.74) is 0.997. The average molecular weight is 164 g/mol. The first kappa shape index (κ1) is 8.87. The van der Waals surface area contributed by atoms with Crippen LogP contribution < -0.4 is 0 Å². The molecule has 0 saturated heterocycles. The first-order valence-electron chi connectivity index (χ1n) is 3.92. The van der Waals surface area contributed by atoms with Crippen LogP contribution >= 0.6 is 0 Å². The highest BCUT2D eigenvalue weighted by atomic mass is 16.5. The molecular formula is C9H12N2O. The standard InChI is InChI=1S/C9H12N2O/c1-2-12-5-3-4-9-6-10-8-11-7-9/h3-4,6-8H,2,5H2,1H3/b4-3+. The molecule has 64 valence electrons. The molecule has 0 aliphatic carbocycles. The second-order valence-electron chi connectivity index (χ2n) is 2.23. The van der Waals surface area contributed by atoms with Crippen LogP contribution in [0, 0.1) is 0 Å². The molecule has 3 heteroatoms. The van der Waals surface area contributed by atoms with Crippen molar-refractivity contribution in [1.82, 2.24) is 9.97 Å². The minimum Gasteiger partial charge on any atom is -0.378 e. The molecule has 0 aromatic carbocycles. The van der Waals surface area contributed by atoms with Gasteiger partial charge in [-0.1, -0.05) is 12.2 Å². The van der Waals surface area contributed by atoms with Gasteiger partial charge in [0.2, 0.25) is 0 Å². The SMILES string of the molecule is CCOC/C=C/c1cncnc1. The fraction of sp³-hybridized carbons (Fsp3) is 0.333. The van der Waals surface area contributed by atoms with Crippen molar-refractivity contribution in [1.29, 1.82) is 0 Å². The minimum absolute atomic E-state index is 0.644. The van der Waals surface area contributed by atoms with Crippen LogP contribution in [0.25, 0.3) is 6.08 Å². The molecule has 1 aromatic rings. The van der Waals surface area contributed by atoms with Crippen LogP contribution in [0.5, 0.6) is 0 Å².